The van der Waals surface area contributed by atoms with E-state index in [0.717, 1.165) is 0 Å². The van der Waals surface area contributed by atoms with Gasteiger partial charge in [-0.1, -0.05) is 12.1 Å². The van der Waals surface area contributed by atoms with Crippen molar-refractivity contribution >= 4 is 15.6 Å². The molecule has 0 amide bonds. The molecule has 0 N–H and O–H groups in total. The first-order valence-corrected chi connectivity index (χ1v) is 8.36. The maximum Gasteiger partial charge on any atom is 0.180 e. The van der Waals surface area contributed by atoms with E-state index >= 15 is 0 Å². The number of carbonyl (C=O) groups excluding carboxylic acids is 1. The fourth-order valence-electron chi connectivity index (χ4n) is 2.41. The Morgan fingerprint density at radius 2 is 2.10 bits per heavy atom. The molecule has 0 bridgehead atoms. The van der Waals surface area contributed by atoms with Crippen molar-refractivity contribution in [2.75, 3.05) is 31.7 Å². The highest BCUT2D eigenvalue weighted by molar-refractivity contribution is 7.91. The third-order valence-electron chi connectivity index (χ3n) is 3.56. The Bertz CT molecular complexity index is 597. The lowest BCUT2D eigenvalue weighted by Gasteiger charge is -2.32. The monoisotopic (exact) mass is 297 g/mol. The van der Waals surface area contributed by atoms with Crippen LogP contribution in [-0.2, 0) is 9.84 Å². The first-order valence-electron chi connectivity index (χ1n) is 6.53. The SMILES string of the molecule is COc1ccccc1C(=O)CN1CCS(=O)(=O)CC1C. The van der Waals surface area contributed by atoms with Crippen molar-refractivity contribution < 1.29 is 17.9 Å². The standard InChI is InChI=1S/C14H19NO4S/c1-11-10-20(17,18)8-7-15(11)9-13(16)12-5-3-4-6-14(12)19-2/h3-6,11H,7-10H2,1-2H3. The van der Waals surface area contributed by atoms with Crippen LogP contribution in [0.3, 0.4) is 0 Å². The van der Waals surface area contributed by atoms with E-state index < -0.39 is 9.84 Å². The van der Waals surface area contributed by atoms with Gasteiger partial charge in [0.15, 0.2) is 15.6 Å². The summed E-state index contributed by atoms with van der Waals surface area (Å²) >= 11 is 0. The number of Topliss-reactive ketones (excluding diaryl/α,β-unsaturated/α-hetero) is 1. The van der Waals surface area contributed by atoms with E-state index in [4.69, 9.17) is 4.74 Å². The zero-order valence-corrected chi connectivity index (χ0v) is 12.5. The molecule has 0 radical (unpaired) electrons. The predicted molar refractivity (Wildman–Crippen MR) is 77.0 cm³/mol. The molecular formula is C14H19NO4S. The molecule has 20 heavy (non-hydrogen) atoms. The van der Waals surface area contributed by atoms with Crippen molar-refractivity contribution in [2.45, 2.75) is 13.0 Å². The first-order chi connectivity index (χ1) is 9.43. The highest BCUT2D eigenvalue weighted by Gasteiger charge is 2.29. The minimum atomic E-state index is -2.96. The van der Waals surface area contributed by atoms with Gasteiger partial charge in [-0.05, 0) is 19.1 Å². The van der Waals surface area contributed by atoms with Crippen molar-refractivity contribution in [3.8, 4) is 5.75 Å². The molecule has 5 nitrogen and oxygen atoms in total. The van der Waals surface area contributed by atoms with Gasteiger partial charge in [0.25, 0.3) is 0 Å². The second-order valence-corrected chi connectivity index (χ2v) is 7.29. The molecule has 0 aliphatic carbocycles. The van der Waals surface area contributed by atoms with E-state index in [1.165, 1.54) is 7.11 Å². The number of rotatable bonds is 4. The second-order valence-electron chi connectivity index (χ2n) is 5.06. The molecule has 2 rings (SSSR count). The van der Waals surface area contributed by atoms with E-state index in [9.17, 15) is 13.2 Å². The molecule has 1 heterocycles. The Hall–Kier alpha value is -1.40. The summed E-state index contributed by atoms with van der Waals surface area (Å²) in [5.41, 5.74) is 0.538. The number of ether oxygens (including phenoxy) is 1. The maximum absolute atomic E-state index is 12.3. The van der Waals surface area contributed by atoms with Crippen LogP contribution in [-0.4, -0.2) is 56.8 Å². The molecule has 1 atom stereocenters. The van der Waals surface area contributed by atoms with Gasteiger partial charge >= 0.3 is 0 Å². The van der Waals surface area contributed by atoms with E-state index in [-0.39, 0.29) is 29.9 Å². The number of hydrogen-bond donors (Lipinski definition) is 0. The lowest BCUT2D eigenvalue weighted by Crippen LogP contribution is -2.48. The van der Waals surface area contributed by atoms with Crippen LogP contribution in [0.5, 0.6) is 5.75 Å². The van der Waals surface area contributed by atoms with Crippen LogP contribution in [0, 0.1) is 0 Å². The molecule has 0 aromatic heterocycles. The number of carbonyl (C=O) groups is 1. The van der Waals surface area contributed by atoms with Gasteiger partial charge in [-0.15, -0.1) is 0 Å². The molecule has 0 saturated carbocycles. The Morgan fingerprint density at radius 3 is 2.75 bits per heavy atom. The lowest BCUT2D eigenvalue weighted by molar-refractivity contribution is 0.0905. The highest BCUT2D eigenvalue weighted by atomic mass is 32.2. The number of methoxy groups -OCH3 is 1. The van der Waals surface area contributed by atoms with Crippen LogP contribution in [0.2, 0.25) is 0 Å². The van der Waals surface area contributed by atoms with Crippen molar-refractivity contribution in [3.05, 3.63) is 29.8 Å². The van der Waals surface area contributed by atoms with Gasteiger partial charge in [0.1, 0.15) is 5.75 Å². The van der Waals surface area contributed by atoms with Crippen LogP contribution >= 0.6 is 0 Å². The third-order valence-corrected chi connectivity index (χ3v) is 5.36. The highest BCUT2D eigenvalue weighted by Crippen LogP contribution is 2.19. The molecule has 1 aliphatic heterocycles. The summed E-state index contributed by atoms with van der Waals surface area (Å²) in [6, 6.07) is 6.95. The fourth-order valence-corrected chi connectivity index (χ4v) is 4.04. The fraction of sp³-hybridized carbons (Fsp3) is 0.500. The van der Waals surface area contributed by atoms with Crippen molar-refractivity contribution in [1.29, 1.82) is 0 Å². The predicted octanol–water partition coefficient (Wildman–Crippen LogP) is 0.997. The minimum absolute atomic E-state index is 0.0476. The van der Waals surface area contributed by atoms with Gasteiger partial charge < -0.3 is 4.74 Å². The molecular weight excluding hydrogens is 278 g/mol. The Morgan fingerprint density at radius 1 is 1.40 bits per heavy atom. The van der Waals surface area contributed by atoms with Crippen LogP contribution in [0.15, 0.2) is 24.3 Å². The molecule has 0 spiro atoms. The van der Waals surface area contributed by atoms with Gasteiger partial charge in [0, 0.05) is 12.6 Å². The Balaban J connectivity index is 2.09. The van der Waals surface area contributed by atoms with Crippen LogP contribution < -0.4 is 4.74 Å². The van der Waals surface area contributed by atoms with Crippen molar-refractivity contribution in [2.24, 2.45) is 0 Å². The van der Waals surface area contributed by atoms with Crippen molar-refractivity contribution in [1.82, 2.24) is 4.90 Å². The Kier molecular flexibility index (Phi) is 4.45. The molecule has 1 saturated heterocycles. The van der Waals surface area contributed by atoms with E-state index in [2.05, 4.69) is 0 Å². The van der Waals surface area contributed by atoms with Gasteiger partial charge in [0.05, 0.1) is 30.7 Å². The van der Waals surface area contributed by atoms with Gasteiger partial charge in [-0.3, -0.25) is 9.69 Å². The van der Waals surface area contributed by atoms with E-state index in [0.29, 0.717) is 17.9 Å². The smallest absolute Gasteiger partial charge is 0.180 e. The summed E-state index contributed by atoms with van der Waals surface area (Å²) in [7, 11) is -1.43. The number of sulfone groups is 1. The number of ketones is 1. The quantitative estimate of drug-likeness (QED) is 0.776. The summed E-state index contributed by atoms with van der Waals surface area (Å²) in [6.45, 7) is 2.47. The van der Waals surface area contributed by atoms with Crippen LogP contribution in [0.4, 0.5) is 0 Å². The topological polar surface area (TPSA) is 63.7 Å². The zero-order valence-electron chi connectivity index (χ0n) is 11.7. The number of nitrogens with zero attached hydrogens (tertiary/aromatic N) is 1. The summed E-state index contributed by atoms with van der Waals surface area (Å²) in [6.07, 6.45) is 0. The number of hydrogen-bond acceptors (Lipinski definition) is 5. The van der Waals surface area contributed by atoms with Crippen LogP contribution in [0.25, 0.3) is 0 Å². The third kappa shape index (κ3) is 3.37. The lowest BCUT2D eigenvalue weighted by atomic mass is 10.1. The molecule has 1 aliphatic rings. The Labute approximate surface area is 119 Å². The average molecular weight is 297 g/mol. The normalized spacial score (nSPS) is 22.4. The molecule has 1 aromatic rings. The molecule has 1 unspecified atom stereocenters. The minimum Gasteiger partial charge on any atom is -0.496 e. The largest absolute Gasteiger partial charge is 0.496 e. The summed E-state index contributed by atoms with van der Waals surface area (Å²) in [5.74, 6) is 0.742. The van der Waals surface area contributed by atoms with Crippen LogP contribution in [0.1, 0.15) is 17.3 Å². The van der Waals surface area contributed by atoms with Gasteiger partial charge in [-0.2, -0.15) is 0 Å². The number of para-hydroxylation sites is 1. The molecule has 1 fully saturated rings. The maximum atomic E-state index is 12.3. The number of benzene rings is 1. The average Bonchev–Trinajstić information content (AvgIpc) is 2.41. The van der Waals surface area contributed by atoms with E-state index in [1.807, 2.05) is 17.9 Å². The second kappa shape index (κ2) is 5.93. The molecule has 6 heteroatoms. The van der Waals surface area contributed by atoms with Gasteiger partial charge in [-0.25, -0.2) is 8.42 Å². The summed E-state index contributed by atoms with van der Waals surface area (Å²) in [5, 5.41) is 0. The molecule has 110 valence electrons. The van der Waals surface area contributed by atoms with Gasteiger partial charge in [0.2, 0.25) is 0 Å². The zero-order chi connectivity index (χ0) is 14.8. The summed E-state index contributed by atoms with van der Waals surface area (Å²) in [4.78, 5) is 14.2. The van der Waals surface area contributed by atoms with E-state index in [1.54, 1.807) is 18.2 Å². The van der Waals surface area contributed by atoms with Crippen molar-refractivity contribution in [3.63, 3.8) is 0 Å². The summed E-state index contributed by atoms with van der Waals surface area (Å²) < 4.78 is 28.2. The molecule has 1 aromatic carbocycles. The first kappa shape index (κ1) is 15.0.